The Balaban J connectivity index is 1.44. The van der Waals surface area contributed by atoms with Crippen LogP contribution < -0.4 is 5.32 Å². The van der Waals surface area contributed by atoms with Crippen LogP contribution in [0.15, 0.2) is 108 Å². The Kier molecular flexibility index (Phi) is 6.45. The molecular formula is C33H28F3N3O. The Bertz CT molecular complexity index is 1560. The van der Waals surface area contributed by atoms with E-state index in [9.17, 15) is 18.0 Å². The van der Waals surface area contributed by atoms with Crippen LogP contribution >= 0.6 is 0 Å². The SMILES string of the molecule is CC(C)c1ccc(NC(=O)N2N=C3c4ccccc4C(c4ccccc4)C3C2c2ccc(C(F)(F)F)cc2)cc1. The summed E-state index contributed by atoms with van der Waals surface area (Å²) in [5.41, 5.74) is 5.51. The maximum Gasteiger partial charge on any atom is 0.416 e. The van der Waals surface area contributed by atoms with Crippen LogP contribution in [0.2, 0.25) is 0 Å². The second kappa shape index (κ2) is 9.97. The molecule has 0 spiro atoms. The summed E-state index contributed by atoms with van der Waals surface area (Å²) < 4.78 is 40.2. The summed E-state index contributed by atoms with van der Waals surface area (Å²) in [6.45, 7) is 4.20. The van der Waals surface area contributed by atoms with E-state index in [1.807, 2.05) is 72.8 Å². The lowest BCUT2D eigenvalue weighted by atomic mass is 9.79. The molecule has 0 saturated carbocycles. The van der Waals surface area contributed by atoms with E-state index >= 15 is 0 Å². The van der Waals surface area contributed by atoms with Crippen LogP contribution in [0.4, 0.5) is 23.7 Å². The van der Waals surface area contributed by atoms with Crippen LogP contribution in [0.5, 0.6) is 0 Å². The molecule has 2 aliphatic rings. The normalized spacial score (nSPS) is 19.8. The lowest BCUT2D eigenvalue weighted by molar-refractivity contribution is -0.137. The highest BCUT2D eigenvalue weighted by Gasteiger charge is 2.51. The third kappa shape index (κ3) is 4.55. The van der Waals surface area contributed by atoms with E-state index in [1.165, 1.54) is 17.1 Å². The van der Waals surface area contributed by atoms with E-state index in [1.54, 1.807) is 0 Å². The Morgan fingerprint density at radius 3 is 2.12 bits per heavy atom. The minimum atomic E-state index is -4.45. The molecule has 0 fully saturated rings. The number of nitrogens with one attached hydrogen (secondary N) is 1. The van der Waals surface area contributed by atoms with E-state index in [-0.39, 0.29) is 11.8 Å². The molecule has 1 aliphatic heterocycles. The van der Waals surface area contributed by atoms with Crippen molar-refractivity contribution in [1.82, 2.24) is 5.01 Å². The number of anilines is 1. The molecule has 1 N–H and O–H groups in total. The van der Waals surface area contributed by atoms with Gasteiger partial charge < -0.3 is 5.32 Å². The third-order valence-electron chi connectivity index (χ3n) is 7.84. The van der Waals surface area contributed by atoms with Gasteiger partial charge in [-0.3, -0.25) is 0 Å². The largest absolute Gasteiger partial charge is 0.416 e. The van der Waals surface area contributed by atoms with Crippen molar-refractivity contribution >= 4 is 17.4 Å². The average molecular weight is 540 g/mol. The van der Waals surface area contributed by atoms with Gasteiger partial charge in [-0.2, -0.15) is 18.3 Å². The van der Waals surface area contributed by atoms with E-state index in [4.69, 9.17) is 5.10 Å². The summed E-state index contributed by atoms with van der Waals surface area (Å²) in [6.07, 6.45) is -4.45. The number of halogens is 3. The van der Waals surface area contributed by atoms with Crippen molar-refractivity contribution in [1.29, 1.82) is 0 Å². The maximum atomic E-state index is 13.8. The first-order chi connectivity index (χ1) is 19.2. The number of alkyl halides is 3. The fourth-order valence-corrected chi connectivity index (χ4v) is 5.88. The van der Waals surface area contributed by atoms with E-state index in [2.05, 4.69) is 25.2 Å². The van der Waals surface area contributed by atoms with Crippen molar-refractivity contribution in [2.45, 2.75) is 37.9 Å². The first-order valence-corrected chi connectivity index (χ1v) is 13.3. The Morgan fingerprint density at radius 1 is 0.825 bits per heavy atom. The van der Waals surface area contributed by atoms with Crippen molar-refractivity contribution in [3.63, 3.8) is 0 Å². The van der Waals surface area contributed by atoms with Gasteiger partial charge in [0.15, 0.2) is 0 Å². The molecule has 40 heavy (non-hydrogen) atoms. The monoisotopic (exact) mass is 539 g/mol. The lowest BCUT2D eigenvalue weighted by Gasteiger charge is -2.30. The van der Waals surface area contributed by atoms with Gasteiger partial charge in [0.25, 0.3) is 0 Å². The predicted octanol–water partition coefficient (Wildman–Crippen LogP) is 8.58. The second-order valence-electron chi connectivity index (χ2n) is 10.6. The predicted molar refractivity (Wildman–Crippen MR) is 150 cm³/mol. The average Bonchev–Trinajstić information content (AvgIpc) is 3.48. The van der Waals surface area contributed by atoms with Crippen LogP contribution in [0.3, 0.4) is 0 Å². The van der Waals surface area contributed by atoms with Crippen molar-refractivity contribution < 1.29 is 18.0 Å². The van der Waals surface area contributed by atoms with Gasteiger partial charge >= 0.3 is 12.2 Å². The van der Waals surface area contributed by atoms with Crippen molar-refractivity contribution in [2.24, 2.45) is 11.0 Å². The number of benzene rings is 4. The molecule has 7 heteroatoms. The summed E-state index contributed by atoms with van der Waals surface area (Å²) in [4.78, 5) is 13.8. The zero-order valence-electron chi connectivity index (χ0n) is 22.1. The quantitative estimate of drug-likeness (QED) is 0.277. The van der Waals surface area contributed by atoms with Crippen LogP contribution in [-0.4, -0.2) is 16.8 Å². The lowest BCUT2D eigenvalue weighted by Crippen LogP contribution is -2.35. The van der Waals surface area contributed by atoms with Crippen LogP contribution in [0.1, 0.15) is 65.1 Å². The molecule has 202 valence electrons. The summed E-state index contributed by atoms with van der Waals surface area (Å²) >= 11 is 0. The number of hydrogen-bond donors (Lipinski definition) is 1. The van der Waals surface area contributed by atoms with Crippen LogP contribution in [0, 0.1) is 5.92 Å². The number of amides is 2. The Morgan fingerprint density at radius 2 is 1.48 bits per heavy atom. The summed E-state index contributed by atoms with van der Waals surface area (Å²) in [6, 6.07) is 29.7. The molecule has 1 heterocycles. The van der Waals surface area contributed by atoms with Gasteiger partial charge in [-0.15, -0.1) is 0 Å². The number of hydrazone groups is 1. The Hall–Kier alpha value is -4.39. The third-order valence-corrected chi connectivity index (χ3v) is 7.84. The highest BCUT2D eigenvalue weighted by Crippen LogP contribution is 2.53. The van der Waals surface area contributed by atoms with Gasteiger partial charge in [-0.05, 0) is 52.4 Å². The minimum absolute atomic E-state index is 0.119. The zero-order valence-corrected chi connectivity index (χ0v) is 22.1. The highest BCUT2D eigenvalue weighted by atomic mass is 19.4. The molecule has 0 aromatic heterocycles. The number of carbonyl (C=O) groups excluding carboxylic acids is 1. The molecule has 4 aromatic carbocycles. The fraction of sp³-hybridized carbons (Fsp3) is 0.212. The molecule has 3 unspecified atom stereocenters. The maximum absolute atomic E-state index is 13.8. The number of urea groups is 1. The van der Waals surface area contributed by atoms with Gasteiger partial charge in [0.05, 0.1) is 17.3 Å². The molecule has 1 aliphatic carbocycles. The molecule has 0 saturated heterocycles. The molecule has 3 atom stereocenters. The standard InChI is InChI=1S/C33H28F3N3O/c1-20(2)21-14-18-25(19-15-21)37-32(40)39-31(23-12-16-24(17-13-23)33(34,35)36)29-28(22-8-4-3-5-9-22)26-10-6-7-11-27(26)30(29)38-39/h3-20,28-29,31H,1-2H3,(H,37,40). The van der Waals surface area contributed by atoms with Gasteiger partial charge in [0, 0.05) is 23.1 Å². The van der Waals surface area contributed by atoms with E-state index in [0.29, 0.717) is 17.2 Å². The number of hydrogen-bond acceptors (Lipinski definition) is 2. The molecule has 0 radical (unpaired) electrons. The van der Waals surface area contributed by atoms with Gasteiger partial charge in [0.2, 0.25) is 0 Å². The first-order valence-electron chi connectivity index (χ1n) is 13.3. The number of rotatable bonds is 4. The van der Waals surface area contributed by atoms with Gasteiger partial charge in [-0.25, -0.2) is 9.80 Å². The zero-order chi connectivity index (χ0) is 28.0. The van der Waals surface area contributed by atoms with Gasteiger partial charge in [0.1, 0.15) is 0 Å². The summed E-state index contributed by atoms with van der Waals surface area (Å²) in [7, 11) is 0. The minimum Gasteiger partial charge on any atom is -0.306 e. The van der Waals surface area contributed by atoms with Crippen molar-refractivity contribution in [2.75, 3.05) is 5.32 Å². The van der Waals surface area contributed by atoms with Crippen molar-refractivity contribution in [3.8, 4) is 0 Å². The Labute approximate surface area is 231 Å². The topological polar surface area (TPSA) is 44.7 Å². The van der Waals surface area contributed by atoms with Crippen LogP contribution in [0.25, 0.3) is 0 Å². The molecule has 6 rings (SSSR count). The number of nitrogens with zero attached hydrogens (tertiary/aromatic N) is 2. The van der Waals surface area contributed by atoms with E-state index < -0.39 is 23.8 Å². The molecule has 4 aromatic rings. The highest BCUT2D eigenvalue weighted by molar-refractivity contribution is 6.10. The van der Waals surface area contributed by atoms with Crippen molar-refractivity contribution in [3.05, 3.63) is 137 Å². The molecule has 2 amide bonds. The molecular weight excluding hydrogens is 511 g/mol. The van der Waals surface area contributed by atoms with E-state index in [0.717, 1.165) is 40.1 Å². The van der Waals surface area contributed by atoms with Gasteiger partial charge in [-0.1, -0.05) is 92.7 Å². The smallest absolute Gasteiger partial charge is 0.306 e. The number of carbonyl (C=O) groups is 1. The van der Waals surface area contributed by atoms with Crippen LogP contribution in [-0.2, 0) is 6.18 Å². The summed E-state index contributed by atoms with van der Waals surface area (Å²) in [5.74, 6) is -0.0367. The number of fused-ring (bicyclic) bond motifs is 3. The molecule has 0 bridgehead atoms. The summed E-state index contributed by atoms with van der Waals surface area (Å²) in [5, 5.41) is 9.21. The molecule has 4 nitrogen and oxygen atoms in total. The first kappa shape index (κ1) is 25.9. The second-order valence-corrected chi connectivity index (χ2v) is 10.6. The fourth-order valence-electron chi connectivity index (χ4n) is 5.88.